The van der Waals surface area contributed by atoms with E-state index in [9.17, 15) is 13.2 Å². The van der Waals surface area contributed by atoms with Crippen molar-refractivity contribution < 1.29 is 22.7 Å². The quantitative estimate of drug-likeness (QED) is 0.744. The van der Waals surface area contributed by atoms with E-state index in [4.69, 9.17) is 9.47 Å². The molecule has 1 fully saturated rings. The number of rotatable bonds is 6. The summed E-state index contributed by atoms with van der Waals surface area (Å²) in [6.07, 6.45) is 1.23. The molecule has 1 saturated heterocycles. The fraction of sp³-hybridized carbons (Fsp3) is 0.500. The van der Waals surface area contributed by atoms with E-state index in [1.807, 2.05) is 0 Å². The summed E-state index contributed by atoms with van der Waals surface area (Å²) in [5.74, 6) is 0.402. The topological polar surface area (TPSA) is 103 Å². The highest BCUT2D eigenvalue weighted by Gasteiger charge is 2.36. The number of amides is 1. The first kappa shape index (κ1) is 22.1. The standard InChI is InChI=1S/C20H28N4O5S/c1-13-19(14(2)23(3)22-13)30(26,27)24-10-6-7-15(12-24)20(25)21-16-8-9-17(28-4)18(11-16)29-5/h8-9,11,15H,6-7,10,12H2,1-5H3,(H,21,25)/t15-/m0/s1. The van der Waals surface area contributed by atoms with E-state index >= 15 is 0 Å². The number of nitrogens with zero attached hydrogens (tertiary/aromatic N) is 3. The van der Waals surface area contributed by atoms with Crippen molar-refractivity contribution in [3.05, 3.63) is 29.6 Å². The highest BCUT2D eigenvalue weighted by atomic mass is 32.2. The first-order chi connectivity index (χ1) is 14.2. The van der Waals surface area contributed by atoms with Crippen LogP contribution in [0.15, 0.2) is 23.1 Å². The van der Waals surface area contributed by atoms with Crippen LogP contribution in [-0.4, -0.2) is 55.7 Å². The monoisotopic (exact) mass is 436 g/mol. The molecule has 0 aliphatic carbocycles. The van der Waals surface area contributed by atoms with Crippen molar-refractivity contribution >= 4 is 21.6 Å². The fourth-order valence-electron chi connectivity index (χ4n) is 3.79. The SMILES string of the molecule is COc1ccc(NC(=O)[C@H]2CCCN(S(=O)(=O)c3c(C)nn(C)c3C)C2)cc1OC. The molecule has 3 rings (SSSR count). The molecule has 0 bridgehead atoms. The second-order valence-electron chi connectivity index (χ2n) is 7.38. The van der Waals surface area contributed by atoms with Gasteiger partial charge in [0.05, 0.1) is 31.5 Å². The van der Waals surface area contributed by atoms with Crippen LogP contribution < -0.4 is 14.8 Å². The fourth-order valence-corrected chi connectivity index (χ4v) is 5.71. The van der Waals surface area contributed by atoms with Crippen LogP contribution in [0.5, 0.6) is 11.5 Å². The lowest BCUT2D eigenvalue weighted by Crippen LogP contribution is -2.44. The zero-order chi connectivity index (χ0) is 22.1. The summed E-state index contributed by atoms with van der Waals surface area (Å²) in [7, 11) is 1.06. The second-order valence-corrected chi connectivity index (χ2v) is 9.26. The molecule has 1 aliphatic heterocycles. The van der Waals surface area contributed by atoms with Crippen LogP contribution in [0.25, 0.3) is 0 Å². The number of hydrogen-bond acceptors (Lipinski definition) is 6. The number of hydrogen-bond donors (Lipinski definition) is 1. The molecule has 1 atom stereocenters. The molecule has 0 spiro atoms. The summed E-state index contributed by atoms with van der Waals surface area (Å²) in [5, 5.41) is 7.09. The molecule has 1 aliphatic rings. The number of sulfonamides is 1. The number of ether oxygens (including phenoxy) is 2. The van der Waals surface area contributed by atoms with E-state index in [1.54, 1.807) is 50.9 Å². The molecule has 10 heteroatoms. The largest absolute Gasteiger partial charge is 0.493 e. The van der Waals surface area contributed by atoms with Gasteiger partial charge in [-0.05, 0) is 38.8 Å². The maximum Gasteiger partial charge on any atom is 0.246 e. The summed E-state index contributed by atoms with van der Waals surface area (Å²) in [6, 6.07) is 5.11. The highest BCUT2D eigenvalue weighted by Crippen LogP contribution is 2.31. The zero-order valence-electron chi connectivity index (χ0n) is 17.9. The normalized spacial score (nSPS) is 17.6. The molecule has 2 heterocycles. The van der Waals surface area contributed by atoms with Crippen LogP contribution in [0, 0.1) is 19.8 Å². The summed E-state index contributed by atoms with van der Waals surface area (Å²) >= 11 is 0. The molecular formula is C20H28N4O5S. The van der Waals surface area contributed by atoms with Gasteiger partial charge in [0.15, 0.2) is 11.5 Å². The van der Waals surface area contributed by atoms with E-state index in [2.05, 4.69) is 10.4 Å². The highest BCUT2D eigenvalue weighted by molar-refractivity contribution is 7.89. The minimum atomic E-state index is -3.73. The van der Waals surface area contributed by atoms with Crippen LogP contribution in [0.4, 0.5) is 5.69 Å². The Labute approximate surface area is 177 Å². The minimum Gasteiger partial charge on any atom is -0.493 e. The van der Waals surface area contributed by atoms with Gasteiger partial charge in [0, 0.05) is 31.9 Å². The van der Waals surface area contributed by atoms with Gasteiger partial charge in [-0.25, -0.2) is 8.42 Å². The van der Waals surface area contributed by atoms with Crippen molar-refractivity contribution in [2.45, 2.75) is 31.6 Å². The Morgan fingerprint density at radius 2 is 1.90 bits per heavy atom. The molecule has 0 radical (unpaired) electrons. The predicted octanol–water partition coefficient (Wildman–Crippen LogP) is 2.09. The first-order valence-electron chi connectivity index (χ1n) is 9.72. The number of methoxy groups -OCH3 is 2. The second kappa shape index (κ2) is 8.65. The molecule has 1 amide bonds. The van der Waals surface area contributed by atoms with Gasteiger partial charge < -0.3 is 14.8 Å². The Kier molecular flexibility index (Phi) is 6.37. The number of piperidine rings is 1. The number of carbonyl (C=O) groups is 1. The van der Waals surface area contributed by atoms with Crippen molar-refractivity contribution in [2.75, 3.05) is 32.6 Å². The van der Waals surface area contributed by atoms with Gasteiger partial charge in [-0.1, -0.05) is 0 Å². The molecule has 1 N–H and O–H groups in total. The molecule has 1 aromatic heterocycles. The van der Waals surface area contributed by atoms with Crippen LogP contribution in [-0.2, 0) is 21.9 Å². The van der Waals surface area contributed by atoms with Crippen molar-refractivity contribution in [1.29, 1.82) is 0 Å². The molecule has 164 valence electrons. The van der Waals surface area contributed by atoms with Crippen molar-refractivity contribution in [1.82, 2.24) is 14.1 Å². The lowest BCUT2D eigenvalue weighted by molar-refractivity contribution is -0.120. The molecule has 0 saturated carbocycles. The zero-order valence-corrected chi connectivity index (χ0v) is 18.7. The van der Waals surface area contributed by atoms with E-state index in [1.165, 1.54) is 11.4 Å². The third-order valence-corrected chi connectivity index (χ3v) is 7.56. The number of aryl methyl sites for hydroxylation is 2. The van der Waals surface area contributed by atoms with E-state index < -0.39 is 15.9 Å². The van der Waals surface area contributed by atoms with E-state index in [0.717, 1.165) is 0 Å². The van der Waals surface area contributed by atoms with Crippen molar-refractivity contribution in [2.24, 2.45) is 13.0 Å². The van der Waals surface area contributed by atoms with Crippen LogP contribution in [0.1, 0.15) is 24.2 Å². The maximum absolute atomic E-state index is 13.2. The molecular weight excluding hydrogens is 408 g/mol. The van der Waals surface area contributed by atoms with Gasteiger partial charge in [0.25, 0.3) is 0 Å². The Morgan fingerprint density at radius 1 is 1.20 bits per heavy atom. The van der Waals surface area contributed by atoms with Gasteiger partial charge in [0.1, 0.15) is 4.90 Å². The summed E-state index contributed by atoms with van der Waals surface area (Å²) < 4.78 is 39.9. The van der Waals surface area contributed by atoms with Crippen molar-refractivity contribution in [3.63, 3.8) is 0 Å². The van der Waals surface area contributed by atoms with Gasteiger partial charge in [0.2, 0.25) is 15.9 Å². The molecule has 30 heavy (non-hydrogen) atoms. The Morgan fingerprint density at radius 3 is 2.50 bits per heavy atom. The van der Waals surface area contributed by atoms with Gasteiger partial charge >= 0.3 is 0 Å². The number of benzene rings is 1. The summed E-state index contributed by atoms with van der Waals surface area (Å²) in [6.45, 7) is 3.94. The summed E-state index contributed by atoms with van der Waals surface area (Å²) in [4.78, 5) is 13.1. The van der Waals surface area contributed by atoms with Crippen LogP contribution in [0.2, 0.25) is 0 Å². The predicted molar refractivity (Wildman–Crippen MR) is 112 cm³/mol. The van der Waals surface area contributed by atoms with E-state index in [-0.39, 0.29) is 17.3 Å². The van der Waals surface area contributed by atoms with Gasteiger partial charge in [-0.3, -0.25) is 9.48 Å². The Balaban J connectivity index is 1.76. The third kappa shape index (κ3) is 4.15. The number of carbonyl (C=O) groups excluding carboxylic acids is 1. The maximum atomic E-state index is 13.2. The van der Waals surface area contributed by atoms with E-state index in [0.29, 0.717) is 48.0 Å². The number of nitrogens with one attached hydrogen (secondary N) is 1. The minimum absolute atomic E-state index is 0.134. The first-order valence-corrected chi connectivity index (χ1v) is 11.2. The third-order valence-electron chi connectivity index (χ3n) is 5.45. The van der Waals surface area contributed by atoms with Gasteiger partial charge in [-0.2, -0.15) is 9.40 Å². The number of aromatic nitrogens is 2. The molecule has 0 unspecified atom stereocenters. The molecule has 2 aromatic rings. The Bertz CT molecular complexity index is 1050. The average Bonchev–Trinajstić information content (AvgIpc) is 2.99. The van der Waals surface area contributed by atoms with Crippen molar-refractivity contribution in [3.8, 4) is 11.5 Å². The number of anilines is 1. The Hall–Kier alpha value is -2.59. The summed E-state index contributed by atoms with van der Waals surface area (Å²) in [5.41, 5.74) is 1.62. The van der Waals surface area contributed by atoms with Gasteiger partial charge in [-0.15, -0.1) is 0 Å². The van der Waals surface area contributed by atoms with Crippen LogP contribution in [0.3, 0.4) is 0 Å². The lowest BCUT2D eigenvalue weighted by atomic mass is 9.98. The average molecular weight is 437 g/mol. The smallest absolute Gasteiger partial charge is 0.246 e. The molecule has 1 aromatic carbocycles. The lowest BCUT2D eigenvalue weighted by Gasteiger charge is -2.31. The van der Waals surface area contributed by atoms with Crippen LogP contribution >= 0.6 is 0 Å². The molecule has 9 nitrogen and oxygen atoms in total.